The predicted molar refractivity (Wildman–Crippen MR) is 56.6 cm³/mol. The van der Waals surface area contributed by atoms with Crippen molar-refractivity contribution < 1.29 is 23.9 Å². The fourth-order valence-electron chi connectivity index (χ4n) is 1.31. The Morgan fingerprint density at radius 2 is 1.56 bits per heavy atom. The Kier molecular flexibility index (Phi) is 7.16. The number of hydrogen-bond acceptors (Lipinski definition) is 5. The van der Waals surface area contributed by atoms with Crippen molar-refractivity contribution in [3.8, 4) is 0 Å². The van der Waals surface area contributed by atoms with Crippen LogP contribution in [-0.2, 0) is 23.9 Å². The van der Waals surface area contributed by atoms with Gasteiger partial charge < -0.3 is 14.3 Å². The summed E-state index contributed by atoms with van der Waals surface area (Å²) in [7, 11) is 0. The molecule has 0 heterocycles. The standard InChI is InChI=1S/C11H18O5/c1-4-15-10(13)9(8(3)6-7-12)11(14)16-5-2/h7-9H,4-6H2,1-3H3/t8-/m1/s1. The average molecular weight is 230 g/mol. The van der Waals surface area contributed by atoms with Crippen molar-refractivity contribution in [3.05, 3.63) is 0 Å². The molecule has 0 fully saturated rings. The van der Waals surface area contributed by atoms with E-state index in [0.717, 1.165) is 0 Å². The monoisotopic (exact) mass is 230 g/mol. The lowest BCUT2D eigenvalue weighted by atomic mass is 9.92. The maximum atomic E-state index is 11.5. The van der Waals surface area contributed by atoms with Crippen LogP contribution < -0.4 is 0 Å². The van der Waals surface area contributed by atoms with Crippen molar-refractivity contribution in [1.29, 1.82) is 0 Å². The second-order valence-corrected chi connectivity index (χ2v) is 3.36. The molecule has 0 rings (SSSR count). The molecule has 0 aromatic carbocycles. The zero-order chi connectivity index (χ0) is 12.6. The number of aldehydes is 1. The predicted octanol–water partition coefficient (Wildman–Crippen LogP) is 0.954. The number of esters is 2. The zero-order valence-corrected chi connectivity index (χ0v) is 9.89. The number of ether oxygens (including phenoxy) is 2. The Morgan fingerprint density at radius 3 is 1.88 bits per heavy atom. The maximum absolute atomic E-state index is 11.5. The van der Waals surface area contributed by atoms with Gasteiger partial charge in [-0.2, -0.15) is 0 Å². The van der Waals surface area contributed by atoms with Crippen molar-refractivity contribution >= 4 is 18.2 Å². The van der Waals surface area contributed by atoms with Gasteiger partial charge in [-0.1, -0.05) is 6.92 Å². The molecule has 0 unspecified atom stereocenters. The van der Waals surface area contributed by atoms with Gasteiger partial charge in [0, 0.05) is 6.42 Å². The highest BCUT2D eigenvalue weighted by Gasteiger charge is 2.34. The van der Waals surface area contributed by atoms with Crippen molar-refractivity contribution in [1.82, 2.24) is 0 Å². The van der Waals surface area contributed by atoms with Gasteiger partial charge in [0.2, 0.25) is 0 Å². The van der Waals surface area contributed by atoms with E-state index in [1.54, 1.807) is 20.8 Å². The smallest absolute Gasteiger partial charge is 0.320 e. The lowest BCUT2D eigenvalue weighted by Gasteiger charge is -2.18. The SMILES string of the molecule is CCOC(=O)C(C(=O)OCC)[C@H](C)CC=O. The van der Waals surface area contributed by atoms with E-state index < -0.39 is 23.8 Å². The Labute approximate surface area is 95.1 Å². The minimum Gasteiger partial charge on any atom is -0.465 e. The third kappa shape index (κ3) is 4.42. The number of carbonyl (C=O) groups excluding carboxylic acids is 3. The first-order chi connectivity index (χ1) is 7.58. The van der Waals surface area contributed by atoms with Crippen molar-refractivity contribution in [2.24, 2.45) is 11.8 Å². The quantitative estimate of drug-likeness (QED) is 0.370. The summed E-state index contributed by atoms with van der Waals surface area (Å²) in [6, 6.07) is 0. The molecule has 0 aliphatic rings. The van der Waals surface area contributed by atoms with Crippen LogP contribution in [0.1, 0.15) is 27.2 Å². The Hall–Kier alpha value is -1.39. The molecular weight excluding hydrogens is 212 g/mol. The summed E-state index contributed by atoms with van der Waals surface area (Å²) in [5, 5.41) is 0. The molecule has 0 aromatic heterocycles. The molecule has 0 bridgehead atoms. The van der Waals surface area contributed by atoms with Gasteiger partial charge in [-0.05, 0) is 19.8 Å². The van der Waals surface area contributed by atoms with Gasteiger partial charge in [0.25, 0.3) is 0 Å². The molecule has 0 aromatic rings. The molecule has 0 saturated carbocycles. The van der Waals surface area contributed by atoms with Crippen LogP contribution >= 0.6 is 0 Å². The molecule has 0 spiro atoms. The third-order valence-corrected chi connectivity index (χ3v) is 2.12. The first-order valence-corrected chi connectivity index (χ1v) is 5.35. The van der Waals surface area contributed by atoms with E-state index in [1.807, 2.05) is 0 Å². The topological polar surface area (TPSA) is 69.7 Å². The highest BCUT2D eigenvalue weighted by atomic mass is 16.6. The van der Waals surface area contributed by atoms with E-state index in [-0.39, 0.29) is 19.6 Å². The highest BCUT2D eigenvalue weighted by molar-refractivity contribution is 5.95. The summed E-state index contributed by atoms with van der Waals surface area (Å²) in [6.45, 7) is 5.35. The first kappa shape index (κ1) is 14.6. The van der Waals surface area contributed by atoms with Gasteiger partial charge in [-0.25, -0.2) is 0 Å². The van der Waals surface area contributed by atoms with Gasteiger partial charge in [-0.15, -0.1) is 0 Å². The molecule has 1 atom stereocenters. The lowest BCUT2D eigenvalue weighted by molar-refractivity contribution is -0.164. The van der Waals surface area contributed by atoms with Gasteiger partial charge in [0.15, 0.2) is 5.92 Å². The molecule has 0 amide bonds. The van der Waals surface area contributed by atoms with Crippen LogP contribution in [-0.4, -0.2) is 31.4 Å². The Balaban J connectivity index is 4.66. The summed E-state index contributed by atoms with van der Waals surface area (Å²) in [4.78, 5) is 33.5. The van der Waals surface area contributed by atoms with Gasteiger partial charge in [0.05, 0.1) is 13.2 Å². The summed E-state index contributed by atoms with van der Waals surface area (Å²) >= 11 is 0. The molecule has 0 aliphatic heterocycles. The van der Waals surface area contributed by atoms with Gasteiger partial charge >= 0.3 is 11.9 Å². The van der Waals surface area contributed by atoms with E-state index in [1.165, 1.54) is 0 Å². The Morgan fingerprint density at radius 1 is 1.12 bits per heavy atom. The minimum atomic E-state index is -1.01. The van der Waals surface area contributed by atoms with Crippen molar-refractivity contribution in [2.45, 2.75) is 27.2 Å². The molecule has 16 heavy (non-hydrogen) atoms. The number of carbonyl (C=O) groups is 3. The molecule has 5 heteroatoms. The summed E-state index contributed by atoms with van der Waals surface area (Å²) in [5.74, 6) is -2.67. The van der Waals surface area contributed by atoms with Crippen LogP contribution in [0, 0.1) is 11.8 Å². The third-order valence-electron chi connectivity index (χ3n) is 2.12. The fourth-order valence-corrected chi connectivity index (χ4v) is 1.31. The molecular formula is C11H18O5. The minimum absolute atomic E-state index is 0.127. The van der Waals surface area contributed by atoms with Crippen LogP contribution in [0.5, 0.6) is 0 Å². The van der Waals surface area contributed by atoms with Crippen LogP contribution in [0.2, 0.25) is 0 Å². The normalized spacial score (nSPS) is 12.0. The second-order valence-electron chi connectivity index (χ2n) is 3.36. The van der Waals surface area contributed by atoms with E-state index in [4.69, 9.17) is 9.47 Å². The lowest BCUT2D eigenvalue weighted by Crippen LogP contribution is -2.33. The molecule has 0 aliphatic carbocycles. The van der Waals surface area contributed by atoms with Crippen LogP contribution in [0.4, 0.5) is 0 Å². The summed E-state index contributed by atoms with van der Waals surface area (Å²) in [6.07, 6.45) is 0.804. The van der Waals surface area contributed by atoms with E-state index in [2.05, 4.69) is 0 Å². The summed E-state index contributed by atoms with van der Waals surface area (Å²) in [5.41, 5.74) is 0. The molecule has 0 radical (unpaired) electrons. The molecule has 92 valence electrons. The second kappa shape index (κ2) is 7.84. The first-order valence-electron chi connectivity index (χ1n) is 5.35. The molecule has 5 nitrogen and oxygen atoms in total. The van der Waals surface area contributed by atoms with Crippen LogP contribution in [0.3, 0.4) is 0 Å². The van der Waals surface area contributed by atoms with Gasteiger partial charge in [-0.3, -0.25) is 9.59 Å². The highest BCUT2D eigenvalue weighted by Crippen LogP contribution is 2.18. The largest absolute Gasteiger partial charge is 0.465 e. The van der Waals surface area contributed by atoms with Crippen molar-refractivity contribution in [2.75, 3.05) is 13.2 Å². The van der Waals surface area contributed by atoms with E-state index in [9.17, 15) is 14.4 Å². The number of rotatable bonds is 7. The van der Waals surface area contributed by atoms with Crippen molar-refractivity contribution in [3.63, 3.8) is 0 Å². The van der Waals surface area contributed by atoms with Crippen LogP contribution in [0.15, 0.2) is 0 Å². The number of hydrogen-bond donors (Lipinski definition) is 0. The Bertz CT molecular complexity index is 231. The van der Waals surface area contributed by atoms with Crippen LogP contribution in [0.25, 0.3) is 0 Å². The molecule has 0 saturated heterocycles. The average Bonchev–Trinajstić information content (AvgIpc) is 2.19. The fraction of sp³-hybridized carbons (Fsp3) is 0.727. The molecule has 0 N–H and O–H groups in total. The van der Waals surface area contributed by atoms with Gasteiger partial charge in [0.1, 0.15) is 6.29 Å². The zero-order valence-electron chi connectivity index (χ0n) is 9.89. The van der Waals surface area contributed by atoms with E-state index in [0.29, 0.717) is 6.29 Å². The summed E-state index contributed by atoms with van der Waals surface area (Å²) < 4.78 is 9.57. The maximum Gasteiger partial charge on any atom is 0.320 e. The van der Waals surface area contributed by atoms with E-state index >= 15 is 0 Å².